The van der Waals surface area contributed by atoms with Crippen molar-refractivity contribution < 1.29 is 19.1 Å². The number of aromatic nitrogens is 2. The van der Waals surface area contributed by atoms with Gasteiger partial charge in [-0.1, -0.05) is 24.2 Å². The molecular weight excluding hydrogens is 434 g/mol. The number of nitriles is 1. The average molecular weight is 460 g/mol. The van der Waals surface area contributed by atoms with Crippen LogP contribution in [-0.2, 0) is 4.79 Å². The molecule has 1 amide bonds. The molecule has 34 heavy (non-hydrogen) atoms. The van der Waals surface area contributed by atoms with E-state index in [-0.39, 0.29) is 23.7 Å². The third-order valence-electron chi connectivity index (χ3n) is 6.39. The molecule has 2 aromatic carbocycles. The summed E-state index contributed by atoms with van der Waals surface area (Å²) in [7, 11) is 0. The van der Waals surface area contributed by atoms with Crippen LogP contribution in [0.4, 0.5) is 17.4 Å². The molecule has 9 heteroatoms. The van der Waals surface area contributed by atoms with Gasteiger partial charge in [0.05, 0.1) is 17.6 Å². The van der Waals surface area contributed by atoms with Gasteiger partial charge >= 0.3 is 23.8 Å². The van der Waals surface area contributed by atoms with Crippen LogP contribution in [0.2, 0.25) is 0 Å². The van der Waals surface area contributed by atoms with Crippen LogP contribution >= 0.6 is 0 Å². The van der Waals surface area contributed by atoms with Crippen molar-refractivity contribution in [3.05, 3.63) is 65.5 Å². The zero-order valence-corrected chi connectivity index (χ0v) is 18.7. The van der Waals surface area contributed by atoms with Crippen LogP contribution in [0.15, 0.2) is 52.9 Å². The van der Waals surface area contributed by atoms with Crippen LogP contribution in [0, 0.1) is 23.2 Å². The topological polar surface area (TPSA) is 141 Å². The molecule has 0 spiro atoms. The zero-order valence-electron chi connectivity index (χ0n) is 18.7. The first-order valence-corrected chi connectivity index (χ1v) is 11.2. The van der Waals surface area contributed by atoms with Crippen molar-refractivity contribution >= 4 is 29.3 Å². The molecule has 1 aliphatic carbocycles. The summed E-state index contributed by atoms with van der Waals surface area (Å²) in [5.74, 6) is -1.08. The molecule has 1 saturated carbocycles. The summed E-state index contributed by atoms with van der Waals surface area (Å²) in [5.41, 5.74) is 2.98. The lowest BCUT2D eigenvalue weighted by Gasteiger charge is -2.31. The molecule has 1 aromatic heterocycles. The molecule has 174 valence electrons. The molecule has 0 aliphatic heterocycles. The molecule has 3 aromatic rings. The van der Waals surface area contributed by atoms with E-state index in [4.69, 9.17) is 9.68 Å². The number of hydrogen-bond donors (Lipinski definition) is 3. The Morgan fingerprint density at radius 1 is 1.03 bits per heavy atom. The van der Waals surface area contributed by atoms with Gasteiger partial charge in [0.15, 0.2) is 0 Å². The van der Waals surface area contributed by atoms with E-state index in [2.05, 4.69) is 20.8 Å². The summed E-state index contributed by atoms with van der Waals surface area (Å²) in [6.07, 6.45) is 3.75. The lowest BCUT2D eigenvalue weighted by molar-refractivity contribution is -0.143. The highest BCUT2D eigenvalue weighted by atomic mass is 16.4. The van der Waals surface area contributed by atoms with E-state index in [0.29, 0.717) is 22.9 Å². The first kappa shape index (κ1) is 23.0. The number of carboxylic acids is 1. The Kier molecular flexibility index (Phi) is 6.87. The number of aliphatic carboxylic acids is 1. The second kappa shape index (κ2) is 10.2. The summed E-state index contributed by atoms with van der Waals surface area (Å²) >= 11 is 0. The van der Waals surface area contributed by atoms with E-state index >= 15 is 0 Å². The Bertz CT molecular complexity index is 1190. The lowest BCUT2D eigenvalue weighted by Crippen LogP contribution is -2.24. The number of benzene rings is 2. The predicted molar refractivity (Wildman–Crippen MR) is 125 cm³/mol. The summed E-state index contributed by atoms with van der Waals surface area (Å²) in [4.78, 5) is 23.7. The van der Waals surface area contributed by atoms with Crippen molar-refractivity contribution in [1.82, 2.24) is 10.2 Å². The minimum Gasteiger partial charge on any atom is -0.481 e. The predicted octanol–water partition coefficient (Wildman–Crippen LogP) is 4.93. The van der Waals surface area contributed by atoms with Crippen molar-refractivity contribution in [3.8, 4) is 6.07 Å². The first-order chi connectivity index (χ1) is 16.4. The summed E-state index contributed by atoms with van der Waals surface area (Å²) in [5, 5.41) is 31.3. The minimum absolute atomic E-state index is 0.0676. The van der Waals surface area contributed by atoms with Crippen molar-refractivity contribution in [2.75, 3.05) is 10.6 Å². The normalized spacial score (nSPS) is 18.5. The molecule has 1 fully saturated rings. The maximum Gasteiger partial charge on any atom is 0.320 e. The van der Waals surface area contributed by atoms with Crippen molar-refractivity contribution in [2.45, 2.75) is 38.5 Å². The maximum atomic E-state index is 12.5. The molecule has 1 aliphatic rings. The second-order valence-electron chi connectivity index (χ2n) is 8.54. The summed E-state index contributed by atoms with van der Waals surface area (Å²) in [6.45, 7) is 1.79. The van der Waals surface area contributed by atoms with Crippen molar-refractivity contribution in [1.29, 1.82) is 5.26 Å². The molecule has 0 saturated heterocycles. The highest BCUT2D eigenvalue weighted by Crippen LogP contribution is 2.39. The number of rotatable bonds is 7. The Morgan fingerprint density at radius 2 is 1.68 bits per heavy atom. The number of amides is 1. The molecule has 3 N–H and O–H groups in total. The quantitative estimate of drug-likeness (QED) is 0.451. The highest BCUT2D eigenvalue weighted by molar-refractivity contribution is 6.00. The van der Waals surface area contributed by atoms with Gasteiger partial charge in [0, 0.05) is 11.4 Å². The molecule has 1 heterocycles. The van der Waals surface area contributed by atoms with Crippen LogP contribution in [0.1, 0.15) is 60.3 Å². The van der Waals surface area contributed by atoms with Gasteiger partial charge in [-0.05, 0) is 79.5 Å². The Balaban J connectivity index is 1.31. The van der Waals surface area contributed by atoms with E-state index in [0.717, 1.165) is 25.7 Å². The van der Waals surface area contributed by atoms with Crippen LogP contribution < -0.4 is 10.6 Å². The largest absolute Gasteiger partial charge is 0.481 e. The number of hydrogen-bond acceptors (Lipinski definition) is 7. The Morgan fingerprint density at radius 3 is 2.29 bits per heavy atom. The third kappa shape index (κ3) is 5.41. The van der Waals surface area contributed by atoms with Crippen molar-refractivity contribution in [2.24, 2.45) is 11.8 Å². The maximum absolute atomic E-state index is 12.5. The summed E-state index contributed by atoms with van der Waals surface area (Å²) in [6, 6.07) is 16.5. The van der Waals surface area contributed by atoms with E-state index < -0.39 is 11.9 Å². The molecule has 4 rings (SSSR count). The molecule has 0 bridgehead atoms. The molecule has 0 unspecified atom stereocenters. The van der Waals surface area contributed by atoms with Gasteiger partial charge in [0.2, 0.25) is 0 Å². The van der Waals surface area contributed by atoms with Gasteiger partial charge in [-0.3, -0.25) is 9.59 Å². The van der Waals surface area contributed by atoms with Gasteiger partial charge in [-0.2, -0.15) is 5.26 Å². The van der Waals surface area contributed by atoms with Crippen molar-refractivity contribution in [3.63, 3.8) is 0 Å². The molecule has 0 radical (unpaired) electrons. The van der Waals surface area contributed by atoms with Crippen LogP contribution in [-0.4, -0.2) is 27.2 Å². The standard InChI is InChI=1S/C25H25N5O4/c1-15(24(32)33)17-4-6-18(7-5-17)19-8-12-20(13-9-19)27-22(31)23-29-30-25(34-23)28-21-10-2-16(14-26)3-11-21/h2-3,8-13,15,17-18H,4-7H2,1H3,(H,27,31)(H,28,30)(H,32,33)/t15-,17?,18?/m1/s1. The number of nitrogens with one attached hydrogen (secondary N) is 2. The zero-order chi connectivity index (χ0) is 24.1. The van der Waals surface area contributed by atoms with Gasteiger partial charge in [-0.25, -0.2) is 0 Å². The fourth-order valence-corrected chi connectivity index (χ4v) is 4.29. The fraction of sp³-hybridized carbons (Fsp3) is 0.320. The number of carbonyl (C=O) groups excluding carboxylic acids is 1. The smallest absolute Gasteiger partial charge is 0.320 e. The Labute approximate surface area is 196 Å². The number of carboxylic acid groups (broad SMARTS) is 1. The van der Waals surface area contributed by atoms with Crippen LogP contribution in [0.3, 0.4) is 0 Å². The highest BCUT2D eigenvalue weighted by Gasteiger charge is 2.29. The molecule has 1 atom stereocenters. The van der Waals surface area contributed by atoms with E-state index in [1.807, 2.05) is 30.3 Å². The minimum atomic E-state index is -0.720. The van der Waals surface area contributed by atoms with E-state index in [1.54, 1.807) is 31.2 Å². The number of anilines is 3. The molecule has 9 nitrogen and oxygen atoms in total. The van der Waals surface area contributed by atoms with E-state index in [9.17, 15) is 14.7 Å². The van der Waals surface area contributed by atoms with Gasteiger partial charge in [0.1, 0.15) is 0 Å². The fourth-order valence-electron chi connectivity index (χ4n) is 4.29. The number of carbonyl (C=O) groups is 2. The molecular formula is C25H25N5O4. The SMILES string of the molecule is C[C@@H](C(=O)O)C1CCC(c2ccc(NC(=O)c3nnc(Nc4ccc(C#N)cc4)o3)cc2)CC1. The van der Waals surface area contributed by atoms with E-state index in [1.165, 1.54) is 5.56 Å². The Hall–Kier alpha value is -4.19. The summed E-state index contributed by atoms with van der Waals surface area (Å²) < 4.78 is 5.39. The number of nitrogens with zero attached hydrogens (tertiary/aromatic N) is 3. The second-order valence-corrected chi connectivity index (χ2v) is 8.54. The third-order valence-corrected chi connectivity index (χ3v) is 6.39. The van der Waals surface area contributed by atoms with Gasteiger partial charge in [0.25, 0.3) is 0 Å². The van der Waals surface area contributed by atoms with Gasteiger partial charge < -0.3 is 20.2 Å². The monoisotopic (exact) mass is 459 g/mol. The van der Waals surface area contributed by atoms with Crippen LogP contribution in [0.25, 0.3) is 0 Å². The first-order valence-electron chi connectivity index (χ1n) is 11.2. The average Bonchev–Trinajstić information content (AvgIpc) is 3.33. The lowest BCUT2D eigenvalue weighted by atomic mass is 9.74. The van der Waals surface area contributed by atoms with Crippen LogP contribution in [0.5, 0.6) is 0 Å². The van der Waals surface area contributed by atoms with Gasteiger partial charge in [-0.15, -0.1) is 5.10 Å².